The van der Waals surface area contributed by atoms with Crippen molar-refractivity contribution in [3.63, 3.8) is 0 Å². The molecule has 0 atom stereocenters. The molecule has 1 aromatic heterocycles. The normalized spacial score (nSPS) is 10.7. The van der Waals surface area contributed by atoms with Crippen molar-refractivity contribution in [1.82, 2.24) is 4.98 Å². The van der Waals surface area contributed by atoms with Gasteiger partial charge in [-0.3, -0.25) is 9.78 Å². The van der Waals surface area contributed by atoms with Crippen molar-refractivity contribution in [1.29, 1.82) is 0 Å². The van der Waals surface area contributed by atoms with Crippen LogP contribution in [0.3, 0.4) is 0 Å². The molecule has 3 rings (SSSR count). The molecule has 2 nitrogen and oxygen atoms in total. The quantitative estimate of drug-likeness (QED) is 0.674. The van der Waals surface area contributed by atoms with E-state index < -0.39 is 0 Å². The SMILES string of the molecule is O=C(Cc1ccccc1F)c1ccc2ncccc2c1. The van der Waals surface area contributed by atoms with E-state index in [9.17, 15) is 9.18 Å². The summed E-state index contributed by atoms with van der Waals surface area (Å²) >= 11 is 0. The van der Waals surface area contributed by atoms with Gasteiger partial charge in [-0.2, -0.15) is 0 Å². The largest absolute Gasteiger partial charge is 0.294 e. The third-order valence-electron chi connectivity index (χ3n) is 3.23. The smallest absolute Gasteiger partial charge is 0.167 e. The second-order valence-electron chi connectivity index (χ2n) is 4.60. The van der Waals surface area contributed by atoms with Crippen molar-refractivity contribution in [3.05, 3.63) is 77.7 Å². The highest BCUT2D eigenvalue weighted by Crippen LogP contribution is 2.16. The van der Waals surface area contributed by atoms with E-state index in [4.69, 9.17) is 0 Å². The second kappa shape index (κ2) is 5.21. The Morgan fingerprint density at radius 2 is 1.90 bits per heavy atom. The summed E-state index contributed by atoms with van der Waals surface area (Å²) in [5.41, 5.74) is 1.84. The summed E-state index contributed by atoms with van der Waals surface area (Å²) in [5, 5.41) is 0.909. The van der Waals surface area contributed by atoms with Crippen LogP contribution in [0.4, 0.5) is 4.39 Å². The third kappa shape index (κ3) is 2.43. The van der Waals surface area contributed by atoms with E-state index in [1.54, 1.807) is 36.5 Å². The summed E-state index contributed by atoms with van der Waals surface area (Å²) in [4.78, 5) is 16.4. The highest BCUT2D eigenvalue weighted by molar-refractivity contribution is 6.00. The van der Waals surface area contributed by atoms with Crippen LogP contribution >= 0.6 is 0 Å². The Morgan fingerprint density at radius 3 is 2.75 bits per heavy atom. The number of carbonyl (C=O) groups is 1. The molecule has 20 heavy (non-hydrogen) atoms. The maximum atomic E-state index is 13.6. The molecular weight excluding hydrogens is 253 g/mol. The Kier molecular flexibility index (Phi) is 3.25. The molecule has 0 spiro atoms. The van der Waals surface area contributed by atoms with E-state index in [2.05, 4.69) is 4.98 Å². The Hall–Kier alpha value is -2.55. The second-order valence-corrected chi connectivity index (χ2v) is 4.60. The molecule has 1 heterocycles. The van der Waals surface area contributed by atoms with Crippen LogP contribution in [0.15, 0.2) is 60.8 Å². The van der Waals surface area contributed by atoms with Crippen LogP contribution in [-0.2, 0) is 6.42 Å². The fraction of sp³-hybridized carbons (Fsp3) is 0.0588. The maximum absolute atomic E-state index is 13.6. The van der Waals surface area contributed by atoms with Crippen molar-refractivity contribution < 1.29 is 9.18 Å². The van der Waals surface area contributed by atoms with Crippen molar-refractivity contribution in [3.8, 4) is 0 Å². The third-order valence-corrected chi connectivity index (χ3v) is 3.23. The molecular formula is C17H12FNO. The number of hydrogen-bond donors (Lipinski definition) is 0. The molecule has 0 aliphatic carbocycles. The van der Waals surface area contributed by atoms with Gasteiger partial charge in [0.15, 0.2) is 5.78 Å². The molecule has 0 saturated heterocycles. The highest BCUT2D eigenvalue weighted by atomic mass is 19.1. The first-order valence-corrected chi connectivity index (χ1v) is 6.35. The van der Waals surface area contributed by atoms with Gasteiger partial charge < -0.3 is 0 Å². The number of nitrogens with zero attached hydrogens (tertiary/aromatic N) is 1. The Morgan fingerprint density at radius 1 is 1.05 bits per heavy atom. The minimum atomic E-state index is -0.344. The first kappa shape index (κ1) is 12.5. The summed E-state index contributed by atoms with van der Waals surface area (Å²) in [5.74, 6) is -0.441. The number of pyridine rings is 1. The monoisotopic (exact) mass is 265 g/mol. The number of rotatable bonds is 3. The molecule has 0 saturated carbocycles. The summed E-state index contributed by atoms with van der Waals surface area (Å²) in [6, 6.07) is 15.4. The van der Waals surface area contributed by atoms with Crippen LogP contribution < -0.4 is 0 Å². The van der Waals surface area contributed by atoms with Crippen molar-refractivity contribution in [2.45, 2.75) is 6.42 Å². The zero-order valence-corrected chi connectivity index (χ0v) is 10.7. The van der Waals surface area contributed by atoms with Crippen molar-refractivity contribution >= 4 is 16.7 Å². The average molecular weight is 265 g/mol. The molecule has 0 radical (unpaired) electrons. The van der Waals surface area contributed by atoms with Gasteiger partial charge in [0.2, 0.25) is 0 Å². The van der Waals surface area contributed by atoms with Gasteiger partial charge >= 0.3 is 0 Å². The van der Waals surface area contributed by atoms with E-state index >= 15 is 0 Å². The fourth-order valence-electron chi connectivity index (χ4n) is 2.17. The maximum Gasteiger partial charge on any atom is 0.167 e. The zero-order chi connectivity index (χ0) is 13.9. The van der Waals surface area contributed by atoms with Gasteiger partial charge in [-0.05, 0) is 35.9 Å². The topological polar surface area (TPSA) is 30.0 Å². The van der Waals surface area contributed by atoms with Crippen LogP contribution in [0.25, 0.3) is 10.9 Å². The van der Waals surface area contributed by atoms with E-state index in [0.717, 1.165) is 10.9 Å². The van der Waals surface area contributed by atoms with Crippen LogP contribution in [0.2, 0.25) is 0 Å². The van der Waals surface area contributed by atoms with Gasteiger partial charge in [0.25, 0.3) is 0 Å². The van der Waals surface area contributed by atoms with Crippen LogP contribution in [-0.4, -0.2) is 10.8 Å². The fourth-order valence-corrected chi connectivity index (χ4v) is 2.17. The first-order valence-electron chi connectivity index (χ1n) is 6.35. The predicted octanol–water partition coefficient (Wildman–Crippen LogP) is 3.80. The molecule has 0 amide bonds. The summed E-state index contributed by atoms with van der Waals surface area (Å²) in [6.07, 6.45) is 1.78. The standard InChI is InChI=1S/C17H12FNO/c18-15-6-2-1-4-12(15)11-17(20)14-7-8-16-13(10-14)5-3-9-19-16/h1-10H,11H2. The van der Waals surface area contributed by atoms with Gasteiger partial charge in [-0.25, -0.2) is 4.39 Å². The van der Waals surface area contributed by atoms with Gasteiger partial charge in [0.1, 0.15) is 5.82 Å². The molecule has 0 bridgehead atoms. The first-order chi connectivity index (χ1) is 9.74. The summed E-state index contributed by atoms with van der Waals surface area (Å²) in [6.45, 7) is 0. The Balaban J connectivity index is 1.91. The molecule has 0 N–H and O–H groups in total. The zero-order valence-electron chi connectivity index (χ0n) is 10.7. The summed E-state index contributed by atoms with van der Waals surface area (Å²) in [7, 11) is 0. The van der Waals surface area contributed by atoms with Crippen LogP contribution in [0.5, 0.6) is 0 Å². The Labute approximate surface area is 115 Å². The lowest BCUT2D eigenvalue weighted by atomic mass is 10.0. The number of fused-ring (bicyclic) bond motifs is 1. The molecule has 3 heteroatoms. The van der Waals surface area contributed by atoms with Gasteiger partial charge in [0, 0.05) is 23.6 Å². The van der Waals surface area contributed by atoms with Crippen molar-refractivity contribution in [2.24, 2.45) is 0 Å². The molecule has 3 aromatic rings. The van der Waals surface area contributed by atoms with Gasteiger partial charge in [-0.15, -0.1) is 0 Å². The average Bonchev–Trinajstić information content (AvgIpc) is 2.49. The molecule has 0 unspecified atom stereocenters. The minimum absolute atomic E-state index is 0.0679. The minimum Gasteiger partial charge on any atom is -0.294 e. The Bertz CT molecular complexity index is 783. The van der Waals surface area contributed by atoms with E-state index in [0.29, 0.717) is 11.1 Å². The predicted molar refractivity (Wildman–Crippen MR) is 76.2 cm³/mol. The molecule has 0 aliphatic rings. The lowest BCUT2D eigenvalue weighted by Crippen LogP contribution is -2.05. The van der Waals surface area contributed by atoms with Crippen LogP contribution in [0, 0.1) is 5.82 Å². The van der Waals surface area contributed by atoms with E-state index in [1.165, 1.54) is 6.07 Å². The molecule has 0 fully saturated rings. The number of benzene rings is 2. The van der Waals surface area contributed by atoms with E-state index in [-0.39, 0.29) is 18.0 Å². The number of carbonyl (C=O) groups excluding carboxylic acids is 1. The lowest BCUT2D eigenvalue weighted by Gasteiger charge is -2.04. The summed E-state index contributed by atoms with van der Waals surface area (Å²) < 4.78 is 13.6. The van der Waals surface area contributed by atoms with E-state index in [1.807, 2.05) is 18.2 Å². The number of ketones is 1. The number of aromatic nitrogens is 1. The molecule has 98 valence electrons. The van der Waals surface area contributed by atoms with Crippen molar-refractivity contribution in [2.75, 3.05) is 0 Å². The number of Topliss-reactive ketones (excluding diaryl/α,β-unsaturated/α-hetero) is 1. The lowest BCUT2D eigenvalue weighted by molar-refractivity contribution is 0.0992. The van der Waals surface area contributed by atoms with Crippen LogP contribution in [0.1, 0.15) is 15.9 Å². The van der Waals surface area contributed by atoms with Gasteiger partial charge in [0.05, 0.1) is 5.52 Å². The number of hydrogen-bond acceptors (Lipinski definition) is 2. The van der Waals surface area contributed by atoms with Gasteiger partial charge in [-0.1, -0.05) is 24.3 Å². The molecule has 0 aliphatic heterocycles. The number of halogens is 1. The highest BCUT2D eigenvalue weighted by Gasteiger charge is 2.10. The molecule has 2 aromatic carbocycles.